The minimum atomic E-state index is 0.360. The third-order valence-corrected chi connectivity index (χ3v) is 5.48. The zero-order chi connectivity index (χ0) is 18.8. The predicted molar refractivity (Wildman–Crippen MR) is 107 cm³/mol. The lowest BCUT2D eigenvalue weighted by Gasteiger charge is -2.25. The highest BCUT2D eigenvalue weighted by molar-refractivity contribution is 5.58. The molecule has 0 saturated carbocycles. The van der Waals surface area contributed by atoms with Gasteiger partial charge in [-0.3, -0.25) is 4.90 Å². The van der Waals surface area contributed by atoms with Gasteiger partial charge in [-0.05, 0) is 50.9 Å². The Kier molecular flexibility index (Phi) is 4.99. The van der Waals surface area contributed by atoms with Crippen molar-refractivity contribution in [2.24, 2.45) is 0 Å². The molecule has 0 amide bonds. The molecule has 0 radical (unpaired) electrons. The number of nitrogens with zero attached hydrogens (tertiary/aromatic N) is 2. The maximum Gasteiger partial charge on any atom is 0.226 e. The monoisotopic (exact) mass is 362 g/mol. The first-order chi connectivity index (χ1) is 13.2. The molecule has 1 aromatic heterocycles. The van der Waals surface area contributed by atoms with Crippen molar-refractivity contribution < 1.29 is 9.15 Å². The fraction of sp³-hybridized carbons (Fsp3) is 0.348. The van der Waals surface area contributed by atoms with Crippen LogP contribution < -0.4 is 4.74 Å². The topological polar surface area (TPSA) is 38.5 Å². The van der Waals surface area contributed by atoms with Crippen LogP contribution in [0.1, 0.15) is 41.5 Å². The van der Waals surface area contributed by atoms with Crippen LogP contribution in [0.3, 0.4) is 0 Å². The number of oxazole rings is 1. The van der Waals surface area contributed by atoms with Gasteiger partial charge >= 0.3 is 0 Å². The first-order valence-electron chi connectivity index (χ1n) is 9.56. The first kappa shape index (κ1) is 17.8. The molecule has 4 rings (SSSR count). The highest BCUT2D eigenvalue weighted by Gasteiger charge is 2.29. The predicted octanol–water partition coefficient (Wildman–Crippen LogP) is 5.30. The van der Waals surface area contributed by atoms with Gasteiger partial charge in [-0.15, -0.1) is 0 Å². The van der Waals surface area contributed by atoms with Crippen LogP contribution in [0.15, 0.2) is 52.9 Å². The van der Waals surface area contributed by atoms with E-state index in [-0.39, 0.29) is 0 Å². The second kappa shape index (κ2) is 7.57. The van der Waals surface area contributed by atoms with Crippen LogP contribution in [0.25, 0.3) is 11.5 Å². The largest absolute Gasteiger partial charge is 0.496 e. The van der Waals surface area contributed by atoms with Gasteiger partial charge in [0.15, 0.2) is 0 Å². The number of hydrogen-bond donors (Lipinski definition) is 0. The van der Waals surface area contributed by atoms with Crippen molar-refractivity contribution in [1.29, 1.82) is 0 Å². The van der Waals surface area contributed by atoms with Gasteiger partial charge in [0.25, 0.3) is 0 Å². The molecular formula is C23H26N2O2. The van der Waals surface area contributed by atoms with E-state index in [1.165, 1.54) is 17.5 Å². The van der Waals surface area contributed by atoms with E-state index in [1.54, 1.807) is 7.11 Å². The van der Waals surface area contributed by atoms with E-state index in [1.807, 2.05) is 31.2 Å². The van der Waals surface area contributed by atoms with Gasteiger partial charge in [-0.2, -0.15) is 0 Å². The lowest BCUT2D eigenvalue weighted by Crippen LogP contribution is -2.23. The maximum atomic E-state index is 6.02. The van der Waals surface area contributed by atoms with Crippen molar-refractivity contribution in [3.05, 3.63) is 71.1 Å². The Morgan fingerprint density at radius 1 is 1.11 bits per heavy atom. The molecule has 27 heavy (non-hydrogen) atoms. The molecule has 2 heterocycles. The van der Waals surface area contributed by atoms with Gasteiger partial charge in [0.05, 0.1) is 12.8 Å². The van der Waals surface area contributed by atoms with E-state index in [2.05, 4.69) is 36.1 Å². The molecular weight excluding hydrogens is 336 g/mol. The zero-order valence-electron chi connectivity index (χ0n) is 16.2. The SMILES string of the molecule is COc1ccccc1[C@H]1CCCN1Cc1nc(-c2ccccc2C)oc1C. The number of para-hydroxylation sites is 1. The van der Waals surface area contributed by atoms with Crippen molar-refractivity contribution in [3.8, 4) is 17.2 Å². The number of hydrogen-bond acceptors (Lipinski definition) is 4. The van der Waals surface area contributed by atoms with Gasteiger partial charge in [0, 0.05) is 23.7 Å². The van der Waals surface area contributed by atoms with Crippen LogP contribution in [0.4, 0.5) is 0 Å². The van der Waals surface area contributed by atoms with Gasteiger partial charge in [0.2, 0.25) is 5.89 Å². The molecule has 140 valence electrons. The Morgan fingerprint density at radius 3 is 2.70 bits per heavy atom. The average molecular weight is 362 g/mol. The highest BCUT2D eigenvalue weighted by atomic mass is 16.5. The van der Waals surface area contributed by atoms with Crippen LogP contribution in [-0.2, 0) is 6.54 Å². The maximum absolute atomic E-state index is 6.02. The summed E-state index contributed by atoms with van der Waals surface area (Å²) >= 11 is 0. The summed E-state index contributed by atoms with van der Waals surface area (Å²) in [5.41, 5.74) is 4.53. The summed E-state index contributed by atoms with van der Waals surface area (Å²) in [6.07, 6.45) is 2.33. The Labute approximate surface area is 160 Å². The molecule has 1 saturated heterocycles. The Bertz CT molecular complexity index is 932. The van der Waals surface area contributed by atoms with Crippen molar-refractivity contribution in [3.63, 3.8) is 0 Å². The number of rotatable bonds is 5. The zero-order valence-corrected chi connectivity index (χ0v) is 16.2. The van der Waals surface area contributed by atoms with Crippen LogP contribution >= 0.6 is 0 Å². The quantitative estimate of drug-likeness (QED) is 0.617. The van der Waals surface area contributed by atoms with Crippen LogP contribution in [0, 0.1) is 13.8 Å². The first-order valence-corrected chi connectivity index (χ1v) is 9.56. The summed E-state index contributed by atoms with van der Waals surface area (Å²) in [6.45, 7) is 5.96. The average Bonchev–Trinajstić information content (AvgIpc) is 3.29. The fourth-order valence-electron chi connectivity index (χ4n) is 4.00. The summed E-state index contributed by atoms with van der Waals surface area (Å²) in [4.78, 5) is 7.33. The minimum absolute atomic E-state index is 0.360. The number of methoxy groups -OCH3 is 1. The molecule has 0 spiro atoms. The number of ether oxygens (including phenoxy) is 1. The van der Waals surface area contributed by atoms with Crippen LogP contribution in [0.2, 0.25) is 0 Å². The van der Waals surface area contributed by atoms with E-state index in [0.29, 0.717) is 11.9 Å². The fourth-order valence-corrected chi connectivity index (χ4v) is 4.00. The van der Waals surface area contributed by atoms with E-state index in [0.717, 1.165) is 42.3 Å². The molecule has 0 unspecified atom stereocenters. The molecule has 0 bridgehead atoms. The second-order valence-corrected chi connectivity index (χ2v) is 7.21. The Morgan fingerprint density at radius 2 is 1.89 bits per heavy atom. The second-order valence-electron chi connectivity index (χ2n) is 7.21. The minimum Gasteiger partial charge on any atom is -0.496 e. The Balaban J connectivity index is 1.59. The molecule has 2 aromatic carbocycles. The third-order valence-electron chi connectivity index (χ3n) is 5.48. The summed E-state index contributed by atoms with van der Waals surface area (Å²) in [5.74, 6) is 2.58. The smallest absolute Gasteiger partial charge is 0.226 e. The summed E-state index contributed by atoms with van der Waals surface area (Å²) in [7, 11) is 1.74. The summed E-state index contributed by atoms with van der Waals surface area (Å²) in [5, 5.41) is 0. The normalized spacial score (nSPS) is 17.4. The molecule has 0 aliphatic carbocycles. The molecule has 1 aliphatic rings. The molecule has 4 heteroatoms. The molecule has 1 fully saturated rings. The van der Waals surface area contributed by atoms with Crippen molar-refractivity contribution in [1.82, 2.24) is 9.88 Å². The molecule has 1 aliphatic heterocycles. The van der Waals surface area contributed by atoms with Crippen molar-refractivity contribution in [2.45, 2.75) is 39.3 Å². The van der Waals surface area contributed by atoms with E-state index in [4.69, 9.17) is 14.1 Å². The van der Waals surface area contributed by atoms with E-state index in [9.17, 15) is 0 Å². The molecule has 4 nitrogen and oxygen atoms in total. The lowest BCUT2D eigenvalue weighted by molar-refractivity contribution is 0.239. The van der Waals surface area contributed by atoms with Crippen molar-refractivity contribution >= 4 is 0 Å². The molecule has 3 aromatic rings. The summed E-state index contributed by atoms with van der Waals surface area (Å²) in [6, 6.07) is 16.9. The Hall–Kier alpha value is -2.59. The van der Waals surface area contributed by atoms with Gasteiger partial charge in [0.1, 0.15) is 11.5 Å². The number of aryl methyl sites for hydroxylation is 2. The summed E-state index contributed by atoms with van der Waals surface area (Å²) < 4.78 is 11.6. The van der Waals surface area contributed by atoms with Crippen LogP contribution in [0.5, 0.6) is 5.75 Å². The highest BCUT2D eigenvalue weighted by Crippen LogP contribution is 2.38. The van der Waals surface area contributed by atoms with Gasteiger partial charge in [-0.25, -0.2) is 4.98 Å². The third kappa shape index (κ3) is 3.50. The van der Waals surface area contributed by atoms with Gasteiger partial charge in [-0.1, -0.05) is 36.4 Å². The van der Waals surface area contributed by atoms with E-state index < -0.39 is 0 Å². The van der Waals surface area contributed by atoms with Crippen LogP contribution in [-0.4, -0.2) is 23.5 Å². The molecule has 1 atom stereocenters. The number of benzene rings is 2. The molecule has 0 N–H and O–H groups in total. The van der Waals surface area contributed by atoms with E-state index >= 15 is 0 Å². The standard InChI is InChI=1S/C23H26N2O2/c1-16-9-4-5-10-18(16)23-24-20(17(2)27-23)15-25-14-8-12-21(25)19-11-6-7-13-22(19)26-3/h4-7,9-11,13,21H,8,12,14-15H2,1-3H3/t21-/m1/s1. The van der Waals surface area contributed by atoms with Crippen molar-refractivity contribution in [2.75, 3.05) is 13.7 Å². The number of aromatic nitrogens is 1. The number of likely N-dealkylation sites (tertiary alicyclic amines) is 1. The van der Waals surface area contributed by atoms with Gasteiger partial charge < -0.3 is 9.15 Å². The lowest BCUT2D eigenvalue weighted by atomic mass is 10.0.